The second-order valence-electron chi connectivity index (χ2n) is 34.7. The molecule has 0 radical (unpaired) electrons. The number of ether oxygens (including phenoxy) is 6. The van der Waals surface area contributed by atoms with Crippen molar-refractivity contribution < 1.29 is 52.4 Å². The van der Waals surface area contributed by atoms with Crippen molar-refractivity contribution in [2.45, 2.75) is 456 Å². The maximum atomic E-state index is 12.4. The summed E-state index contributed by atoms with van der Waals surface area (Å²) >= 11 is 0. The fourth-order valence-corrected chi connectivity index (χ4v) is 13.2. The minimum atomic E-state index is -0.404. The van der Waals surface area contributed by atoms with E-state index in [-0.39, 0.29) is 84.9 Å². The molecule has 0 atom stereocenters. The Morgan fingerprint density at radius 1 is 0.277 bits per heavy atom. The van der Waals surface area contributed by atoms with Crippen LogP contribution in [0.4, 0.5) is 0 Å². The van der Waals surface area contributed by atoms with Gasteiger partial charge in [-0.1, -0.05) is 171 Å². The molecule has 0 N–H and O–H groups in total. The Bertz CT molecular complexity index is 2070. The molecule has 0 spiro atoms. The van der Waals surface area contributed by atoms with Crippen LogP contribution >= 0.6 is 0 Å². The van der Waals surface area contributed by atoms with Crippen LogP contribution in [0.1, 0.15) is 428 Å². The number of esters is 5. The normalized spacial score (nSPS) is 21.1. The molecule has 94 heavy (non-hydrogen) atoms. The van der Waals surface area contributed by atoms with Crippen LogP contribution in [0.2, 0.25) is 0 Å². The Hall–Kier alpha value is -2.69. The standard InChI is InChI=1S/C19H36O2.C17H32O2.C16H30O3.C16H30O2.C15H28O2/c1-5-18(2,3)17(20)21-19(4)15-13-11-9-7-6-8-10-12-14-16-19;1-5-16(2,3)15(18)19-17(4)13-11-9-7-6-8-10-12-14-17;1-7-14(2,3)13(17)19-16(10-8-9-11-16)15(4,5)12-18-6;1-5-15(3,4)14(17)18-16(6-2)12-10-8-7-9-11-13-16;1-5-14(2,3)13(16)17-15(4)11-9-7-6-8-10-12-15/h5-16H2,1-4H3;5-14H2,1-4H3;7-12H2,1-6H3;5-13H2,1-4H3;5-12H2,1-4H3. The van der Waals surface area contributed by atoms with Gasteiger partial charge in [0.05, 0.1) is 33.7 Å². The zero-order valence-electron chi connectivity index (χ0n) is 66.3. The Balaban J connectivity index is 0.000000588. The number of carbonyl (C=O) groups is 5. The Labute approximate surface area is 581 Å². The van der Waals surface area contributed by atoms with E-state index in [1.54, 1.807) is 7.11 Å². The third-order valence-corrected chi connectivity index (χ3v) is 23.6. The van der Waals surface area contributed by atoms with E-state index in [1.807, 2.05) is 83.1 Å². The molecule has 0 unspecified atom stereocenters. The molecule has 0 bridgehead atoms. The number of hydrogen-bond acceptors (Lipinski definition) is 11. The predicted molar refractivity (Wildman–Crippen MR) is 393 cm³/mol. The van der Waals surface area contributed by atoms with E-state index in [1.165, 1.54) is 167 Å². The second kappa shape index (κ2) is 43.1. The van der Waals surface area contributed by atoms with Gasteiger partial charge in [0.2, 0.25) is 0 Å². The first-order valence-electron chi connectivity index (χ1n) is 39.5. The SMILES string of the molecule is CCC(C)(C)C(=O)OC1(C(C)(C)COC)CCCC1.CCC(C)(C)C(=O)OC1(C)CCCCCCC1.CCC(C)(C)C(=O)OC1(C)CCCCCCCCC1.CCC(C)(C)C(=O)OC1(C)CCCCCCCCCCC1.CCC1(OC(=O)C(C)(C)CC)CCCCCCC1. The molecule has 5 saturated carbocycles. The summed E-state index contributed by atoms with van der Waals surface area (Å²) in [6, 6.07) is 0. The van der Waals surface area contributed by atoms with Gasteiger partial charge in [0.1, 0.15) is 28.0 Å². The van der Waals surface area contributed by atoms with Crippen molar-refractivity contribution in [3.8, 4) is 0 Å². The molecule has 5 rings (SSSR count). The second-order valence-corrected chi connectivity index (χ2v) is 34.7. The molecular weight excluding hydrogens is 1170 g/mol. The zero-order valence-corrected chi connectivity index (χ0v) is 66.3. The van der Waals surface area contributed by atoms with E-state index >= 15 is 0 Å². The average Bonchev–Trinajstić information content (AvgIpc) is 1.53. The van der Waals surface area contributed by atoms with Crippen molar-refractivity contribution in [2.24, 2.45) is 32.5 Å². The highest BCUT2D eigenvalue weighted by Gasteiger charge is 2.52. The zero-order chi connectivity index (χ0) is 71.4. The summed E-state index contributed by atoms with van der Waals surface area (Å²) in [5.74, 6) is -0.134. The van der Waals surface area contributed by atoms with E-state index in [4.69, 9.17) is 28.4 Å². The largest absolute Gasteiger partial charge is 0.459 e. The first-order chi connectivity index (χ1) is 43.8. The summed E-state index contributed by atoms with van der Waals surface area (Å²) in [5.41, 5.74) is -3.17. The highest BCUT2D eigenvalue weighted by molar-refractivity contribution is 5.78. The van der Waals surface area contributed by atoms with Crippen LogP contribution in [-0.4, -0.2) is 71.6 Å². The van der Waals surface area contributed by atoms with Gasteiger partial charge >= 0.3 is 29.8 Å². The molecule has 0 heterocycles. The van der Waals surface area contributed by atoms with Gasteiger partial charge in [-0.05, 0) is 257 Å². The number of methoxy groups -OCH3 is 1. The fourth-order valence-electron chi connectivity index (χ4n) is 13.2. The van der Waals surface area contributed by atoms with Crippen molar-refractivity contribution in [1.29, 1.82) is 0 Å². The molecular formula is C83H156O11. The molecule has 0 aromatic carbocycles. The molecule has 11 nitrogen and oxygen atoms in total. The van der Waals surface area contributed by atoms with Crippen molar-refractivity contribution in [1.82, 2.24) is 0 Å². The molecule has 5 aliphatic rings. The van der Waals surface area contributed by atoms with Crippen LogP contribution in [0, 0.1) is 32.5 Å². The van der Waals surface area contributed by atoms with E-state index in [0.29, 0.717) is 6.61 Å². The Kier molecular flexibility index (Phi) is 40.9. The molecule has 5 aliphatic carbocycles. The third kappa shape index (κ3) is 32.5. The lowest BCUT2D eigenvalue weighted by atomic mass is 9.73. The molecule has 5 fully saturated rings. The lowest BCUT2D eigenvalue weighted by molar-refractivity contribution is -0.189. The Morgan fingerprint density at radius 2 is 0.468 bits per heavy atom. The summed E-state index contributed by atoms with van der Waals surface area (Å²) in [5, 5.41) is 0. The Morgan fingerprint density at radius 3 is 0.681 bits per heavy atom. The minimum absolute atomic E-state index is 0.00702. The molecule has 0 aromatic heterocycles. The van der Waals surface area contributed by atoms with Gasteiger partial charge in [0.15, 0.2) is 0 Å². The van der Waals surface area contributed by atoms with Crippen LogP contribution in [0.3, 0.4) is 0 Å². The van der Waals surface area contributed by atoms with Crippen molar-refractivity contribution >= 4 is 29.8 Å². The van der Waals surface area contributed by atoms with E-state index < -0.39 is 5.41 Å². The highest BCUT2D eigenvalue weighted by Crippen LogP contribution is 2.48. The van der Waals surface area contributed by atoms with E-state index in [0.717, 1.165) is 116 Å². The van der Waals surface area contributed by atoms with Crippen LogP contribution in [0.15, 0.2) is 0 Å². The summed E-state index contributed by atoms with van der Waals surface area (Å²) in [7, 11) is 1.71. The smallest absolute Gasteiger partial charge is 0.312 e. The average molecular weight is 1330 g/mol. The summed E-state index contributed by atoms with van der Waals surface area (Å²) in [4.78, 5) is 61.6. The van der Waals surface area contributed by atoms with Gasteiger partial charge in [0, 0.05) is 12.5 Å². The maximum Gasteiger partial charge on any atom is 0.312 e. The third-order valence-electron chi connectivity index (χ3n) is 23.6. The quantitative estimate of drug-likeness (QED) is 0.0901. The maximum absolute atomic E-state index is 12.4. The number of carbonyl (C=O) groups excluding carboxylic acids is 5. The van der Waals surface area contributed by atoms with Crippen molar-refractivity contribution in [2.75, 3.05) is 13.7 Å². The van der Waals surface area contributed by atoms with Gasteiger partial charge in [-0.15, -0.1) is 0 Å². The molecule has 554 valence electrons. The summed E-state index contributed by atoms with van der Waals surface area (Å²) in [6.07, 6.45) is 50.9. The summed E-state index contributed by atoms with van der Waals surface area (Å²) < 4.78 is 35.1. The van der Waals surface area contributed by atoms with Crippen LogP contribution in [0.5, 0.6) is 0 Å². The molecule has 0 aliphatic heterocycles. The van der Waals surface area contributed by atoms with Gasteiger partial charge in [-0.3, -0.25) is 24.0 Å². The number of hydrogen-bond donors (Lipinski definition) is 0. The topological polar surface area (TPSA) is 141 Å². The van der Waals surface area contributed by atoms with E-state index in [9.17, 15) is 24.0 Å². The monoisotopic (exact) mass is 1330 g/mol. The predicted octanol–water partition coefficient (Wildman–Crippen LogP) is 24.6. The molecule has 0 aromatic rings. The van der Waals surface area contributed by atoms with Gasteiger partial charge in [-0.25, -0.2) is 0 Å². The summed E-state index contributed by atoms with van der Waals surface area (Å²) in [6.45, 7) is 43.5. The lowest BCUT2D eigenvalue weighted by Crippen LogP contribution is -2.50. The van der Waals surface area contributed by atoms with Gasteiger partial charge in [-0.2, -0.15) is 0 Å². The molecule has 0 saturated heterocycles. The lowest BCUT2D eigenvalue weighted by Gasteiger charge is -2.44. The fraction of sp³-hybridized carbons (Fsp3) is 0.940. The van der Waals surface area contributed by atoms with Crippen LogP contribution in [-0.2, 0) is 52.4 Å². The first-order valence-corrected chi connectivity index (χ1v) is 39.5. The van der Waals surface area contributed by atoms with Gasteiger partial charge < -0.3 is 28.4 Å². The number of rotatable bonds is 19. The minimum Gasteiger partial charge on any atom is -0.459 e. The molecule has 0 amide bonds. The van der Waals surface area contributed by atoms with Crippen LogP contribution in [0.25, 0.3) is 0 Å². The first kappa shape index (κ1) is 89.3. The molecule has 11 heteroatoms. The van der Waals surface area contributed by atoms with E-state index in [2.05, 4.69) is 62.3 Å². The van der Waals surface area contributed by atoms with Crippen molar-refractivity contribution in [3.63, 3.8) is 0 Å². The van der Waals surface area contributed by atoms with Gasteiger partial charge in [0.25, 0.3) is 0 Å². The van der Waals surface area contributed by atoms with Crippen LogP contribution < -0.4 is 0 Å². The van der Waals surface area contributed by atoms with Crippen molar-refractivity contribution in [3.05, 3.63) is 0 Å². The highest BCUT2D eigenvalue weighted by atomic mass is 16.6.